The Morgan fingerprint density at radius 1 is 1.29 bits per heavy atom. The number of fused-ring (bicyclic) bond motifs is 1. The van der Waals surface area contributed by atoms with E-state index in [0.29, 0.717) is 11.2 Å². The van der Waals surface area contributed by atoms with Crippen molar-refractivity contribution < 1.29 is 4.74 Å². The van der Waals surface area contributed by atoms with Crippen molar-refractivity contribution in [3.8, 4) is 5.75 Å². The summed E-state index contributed by atoms with van der Waals surface area (Å²) in [6.45, 7) is 4.19. The van der Waals surface area contributed by atoms with E-state index in [0.717, 1.165) is 25.5 Å². The third-order valence-electron chi connectivity index (χ3n) is 3.28. The number of hydrogen-bond acceptors (Lipinski definition) is 4. The van der Waals surface area contributed by atoms with Crippen molar-refractivity contribution in [2.24, 2.45) is 0 Å². The van der Waals surface area contributed by atoms with Gasteiger partial charge in [0, 0.05) is 9.35 Å². The van der Waals surface area contributed by atoms with Gasteiger partial charge in [-0.1, -0.05) is 15.9 Å². The minimum Gasteiger partial charge on any atom is -0.486 e. The van der Waals surface area contributed by atoms with Gasteiger partial charge in [0.2, 0.25) is 0 Å². The number of aromatic nitrogens is 2. The first-order valence-corrected chi connectivity index (χ1v) is 8.03. The largest absolute Gasteiger partial charge is 0.486 e. The van der Waals surface area contributed by atoms with Gasteiger partial charge in [-0.05, 0) is 43.7 Å². The minimum atomic E-state index is -0.101. The number of halogens is 1. The summed E-state index contributed by atoms with van der Waals surface area (Å²) >= 11 is 4.91. The molecule has 21 heavy (non-hydrogen) atoms. The second-order valence-corrected chi connectivity index (χ2v) is 6.84. The average molecular weight is 365 g/mol. The third-order valence-corrected chi connectivity index (χ3v) is 4.91. The van der Waals surface area contributed by atoms with Gasteiger partial charge in [0.1, 0.15) is 23.0 Å². The van der Waals surface area contributed by atoms with Crippen LogP contribution in [0.2, 0.25) is 0 Å². The Morgan fingerprint density at radius 3 is 2.71 bits per heavy atom. The van der Waals surface area contributed by atoms with E-state index in [1.54, 1.807) is 0 Å². The van der Waals surface area contributed by atoms with Crippen LogP contribution in [-0.2, 0) is 6.61 Å². The Bertz CT molecular complexity index is 852. The summed E-state index contributed by atoms with van der Waals surface area (Å²) in [7, 11) is 0. The lowest BCUT2D eigenvalue weighted by molar-refractivity contribution is 0.296. The number of H-pyrrole nitrogens is 1. The molecular formula is C15H13BrN2O2S. The number of hydrogen-bond donors (Lipinski definition) is 1. The first-order chi connectivity index (χ1) is 10.0. The monoisotopic (exact) mass is 364 g/mol. The van der Waals surface area contributed by atoms with Crippen LogP contribution in [-0.4, -0.2) is 9.97 Å². The second kappa shape index (κ2) is 5.61. The molecule has 0 aliphatic heterocycles. The Kier molecular flexibility index (Phi) is 3.82. The molecule has 0 aliphatic rings. The molecule has 3 aromatic rings. The standard InChI is InChI=1S/C15H13BrN2O2S/c1-8-9(2)21-15-13(8)14(19)17-12(18-15)7-20-11-5-3-10(16)4-6-11/h3-6H,7H2,1-2H3,(H,17,18,19). The number of ether oxygens (including phenoxy) is 1. The molecule has 0 aliphatic carbocycles. The summed E-state index contributed by atoms with van der Waals surface area (Å²) in [6, 6.07) is 7.53. The van der Waals surface area contributed by atoms with Crippen molar-refractivity contribution in [1.29, 1.82) is 0 Å². The van der Waals surface area contributed by atoms with E-state index in [1.165, 1.54) is 11.3 Å². The van der Waals surface area contributed by atoms with Crippen LogP contribution in [0.15, 0.2) is 33.5 Å². The maximum atomic E-state index is 12.1. The van der Waals surface area contributed by atoms with Crippen molar-refractivity contribution in [2.45, 2.75) is 20.5 Å². The smallest absolute Gasteiger partial charge is 0.260 e. The van der Waals surface area contributed by atoms with E-state index >= 15 is 0 Å². The quantitative estimate of drug-likeness (QED) is 0.765. The Morgan fingerprint density at radius 2 is 2.00 bits per heavy atom. The number of rotatable bonds is 3. The van der Waals surface area contributed by atoms with Crippen LogP contribution in [0.5, 0.6) is 5.75 Å². The van der Waals surface area contributed by atoms with Crippen molar-refractivity contribution in [1.82, 2.24) is 9.97 Å². The van der Waals surface area contributed by atoms with Gasteiger partial charge in [-0.25, -0.2) is 4.98 Å². The summed E-state index contributed by atoms with van der Waals surface area (Å²) in [5.74, 6) is 1.27. The van der Waals surface area contributed by atoms with E-state index in [4.69, 9.17) is 4.74 Å². The zero-order valence-electron chi connectivity index (χ0n) is 11.6. The number of nitrogens with zero attached hydrogens (tertiary/aromatic N) is 1. The van der Waals surface area contributed by atoms with Crippen LogP contribution >= 0.6 is 27.3 Å². The highest BCUT2D eigenvalue weighted by Crippen LogP contribution is 2.25. The lowest BCUT2D eigenvalue weighted by atomic mass is 10.2. The number of aryl methyl sites for hydroxylation is 2. The summed E-state index contributed by atoms with van der Waals surface area (Å²) < 4.78 is 6.63. The molecule has 0 saturated heterocycles. The fourth-order valence-corrected chi connectivity index (χ4v) is 3.36. The molecule has 0 amide bonds. The van der Waals surface area contributed by atoms with Gasteiger partial charge in [-0.15, -0.1) is 11.3 Å². The number of aromatic amines is 1. The van der Waals surface area contributed by atoms with E-state index in [9.17, 15) is 4.79 Å². The zero-order valence-corrected chi connectivity index (χ0v) is 14.0. The van der Waals surface area contributed by atoms with Gasteiger partial charge in [0.15, 0.2) is 0 Å². The maximum absolute atomic E-state index is 12.1. The van der Waals surface area contributed by atoms with E-state index < -0.39 is 0 Å². The normalized spacial score (nSPS) is 11.0. The lowest BCUT2D eigenvalue weighted by Crippen LogP contribution is -2.13. The number of benzene rings is 1. The molecule has 0 spiro atoms. The average Bonchev–Trinajstić information content (AvgIpc) is 2.74. The van der Waals surface area contributed by atoms with E-state index in [2.05, 4.69) is 25.9 Å². The van der Waals surface area contributed by atoms with Crippen molar-refractivity contribution >= 4 is 37.5 Å². The third kappa shape index (κ3) is 2.87. The molecule has 1 aromatic carbocycles. The summed E-state index contributed by atoms with van der Waals surface area (Å²) in [4.78, 5) is 21.3. The number of nitrogens with one attached hydrogen (secondary N) is 1. The molecule has 2 aromatic heterocycles. The highest BCUT2D eigenvalue weighted by Gasteiger charge is 2.11. The predicted octanol–water partition coefficient (Wildman–Crippen LogP) is 3.94. The Labute approximate surface area is 133 Å². The summed E-state index contributed by atoms with van der Waals surface area (Å²) in [5, 5.41) is 0.685. The molecule has 4 nitrogen and oxygen atoms in total. The van der Waals surface area contributed by atoms with Crippen LogP contribution in [0.3, 0.4) is 0 Å². The predicted molar refractivity (Wildman–Crippen MR) is 88.2 cm³/mol. The molecule has 0 bridgehead atoms. The molecule has 2 heterocycles. The molecule has 3 rings (SSSR count). The highest BCUT2D eigenvalue weighted by atomic mass is 79.9. The Balaban J connectivity index is 1.88. The molecule has 0 fully saturated rings. The molecule has 0 atom stereocenters. The van der Waals surface area contributed by atoms with Gasteiger partial charge >= 0.3 is 0 Å². The van der Waals surface area contributed by atoms with E-state index in [1.807, 2.05) is 38.1 Å². The van der Waals surface area contributed by atoms with Crippen molar-refractivity contribution in [3.63, 3.8) is 0 Å². The molecule has 0 radical (unpaired) electrons. The van der Waals surface area contributed by atoms with Crippen LogP contribution < -0.4 is 10.3 Å². The molecular weight excluding hydrogens is 352 g/mol. The zero-order chi connectivity index (χ0) is 15.0. The van der Waals surface area contributed by atoms with Gasteiger partial charge in [0.05, 0.1) is 5.39 Å². The lowest BCUT2D eigenvalue weighted by Gasteiger charge is -2.05. The Hall–Kier alpha value is -1.66. The fraction of sp³-hybridized carbons (Fsp3) is 0.200. The molecule has 6 heteroatoms. The second-order valence-electron chi connectivity index (χ2n) is 4.72. The van der Waals surface area contributed by atoms with Crippen molar-refractivity contribution in [3.05, 3.63) is 55.4 Å². The minimum absolute atomic E-state index is 0.101. The van der Waals surface area contributed by atoms with Gasteiger partial charge in [-0.3, -0.25) is 4.79 Å². The van der Waals surface area contributed by atoms with Crippen LogP contribution in [0, 0.1) is 13.8 Å². The SMILES string of the molecule is Cc1sc2nc(COc3ccc(Br)cc3)[nH]c(=O)c2c1C. The fourth-order valence-electron chi connectivity index (χ4n) is 2.05. The first-order valence-electron chi connectivity index (χ1n) is 6.42. The highest BCUT2D eigenvalue weighted by molar-refractivity contribution is 9.10. The molecule has 108 valence electrons. The van der Waals surface area contributed by atoms with Gasteiger partial charge in [-0.2, -0.15) is 0 Å². The maximum Gasteiger partial charge on any atom is 0.260 e. The van der Waals surface area contributed by atoms with Crippen LogP contribution in [0.25, 0.3) is 10.2 Å². The van der Waals surface area contributed by atoms with Crippen molar-refractivity contribution in [2.75, 3.05) is 0 Å². The topological polar surface area (TPSA) is 55.0 Å². The van der Waals surface area contributed by atoms with Crippen LogP contribution in [0.4, 0.5) is 0 Å². The number of thiophene rings is 1. The molecule has 0 saturated carbocycles. The molecule has 1 N–H and O–H groups in total. The van der Waals surface area contributed by atoms with Crippen LogP contribution in [0.1, 0.15) is 16.3 Å². The van der Waals surface area contributed by atoms with Gasteiger partial charge < -0.3 is 9.72 Å². The molecule has 0 unspecified atom stereocenters. The first kappa shape index (κ1) is 14.3. The summed E-state index contributed by atoms with van der Waals surface area (Å²) in [5.41, 5.74) is 0.903. The summed E-state index contributed by atoms with van der Waals surface area (Å²) in [6.07, 6.45) is 0. The van der Waals surface area contributed by atoms with Gasteiger partial charge in [0.25, 0.3) is 5.56 Å². The van der Waals surface area contributed by atoms with E-state index in [-0.39, 0.29) is 12.2 Å².